The van der Waals surface area contributed by atoms with Crippen LogP contribution in [0.2, 0.25) is 0 Å². The smallest absolute Gasteiger partial charge is 0.109 e. The van der Waals surface area contributed by atoms with Crippen molar-refractivity contribution in [1.29, 1.82) is 0 Å². The van der Waals surface area contributed by atoms with Crippen molar-refractivity contribution in [2.24, 2.45) is 0 Å². The van der Waals surface area contributed by atoms with Crippen LogP contribution in [-0.2, 0) is 0 Å². The first-order valence-electron chi connectivity index (χ1n) is 5.90. The monoisotopic (exact) mass is 299 g/mol. The highest BCUT2D eigenvalue weighted by molar-refractivity contribution is 8.93. The summed E-state index contributed by atoms with van der Waals surface area (Å²) in [6.45, 7) is 4.63. The van der Waals surface area contributed by atoms with E-state index in [4.69, 9.17) is 5.11 Å². The fourth-order valence-corrected chi connectivity index (χ4v) is 1.60. The Bertz CT molecular complexity index is 137. The fourth-order valence-electron chi connectivity index (χ4n) is 1.60. The fraction of sp³-hybridized carbons (Fsp3) is 1.00. The van der Waals surface area contributed by atoms with E-state index in [9.17, 15) is 10.2 Å². The molecule has 0 bridgehead atoms. The highest BCUT2D eigenvalue weighted by Crippen LogP contribution is 2.11. The Hall–Kier alpha value is 0.320. The Kier molecular flexibility index (Phi) is 13.8. The number of hydrogen-bond acceptors (Lipinski definition) is 4. The molecule has 0 amide bonds. The summed E-state index contributed by atoms with van der Waals surface area (Å²) in [7, 11) is 0. The molecule has 16 heavy (non-hydrogen) atoms. The van der Waals surface area contributed by atoms with Crippen molar-refractivity contribution < 1.29 is 15.3 Å². The summed E-state index contributed by atoms with van der Waals surface area (Å²) >= 11 is 0. The summed E-state index contributed by atoms with van der Waals surface area (Å²) in [6.07, 6.45) is 2.48. The van der Waals surface area contributed by atoms with Gasteiger partial charge in [-0.25, -0.2) is 0 Å². The maximum Gasteiger partial charge on any atom is 0.109 e. The van der Waals surface area contributed by atoms with E-state index < -0.39 is 12.5 Å². The van der Waals surface area contributed by atoms with Crippen LogP contribution < -0.4 is 0 Å². The molecule has 0 aliphatic rings. The van der Waals surface area contributed by atoms with E-state index in [1.807, 2.05) is 13.8 Å². The topological polar surface area (TPSA) is 63.9 Å². The molecule has 4 nitrogen and oxygen atoms in total. The van der Waals surface area contributed by atoms with Gasteiger partial charge in [-0.3, -0.25) is 4.90 Å². The van der Waals surface area contributed by atoms with Crippen molar-refractivity contribution in [3.63, 3.8) is 0 Å². The molecule has 0 aromatic carbocycles. The molecule has 0 aliphatic carbocycles. The molecule has 0 rings (SSSR count). The van der Waals surface area contributed by atoms with E-state index in [-0.39, 0.29) is 23.6 Å². The summed E-state index contributed by atoms with van der Waals surface area (Å²) in [5.74, 6) is 0. The maximum atomic E-state index is 9.82. The first-order valence-corrected chi connectivity index (χ1v) is 5.90. The number of aliphatic hydroxyl groups is 3. The molecular weight excluding hydrogens is 274 g/mol. The van der Waals surface area contributed by atoms with Crippen LogP contribution in [0, 0.1) is 0 Å². The lowest BCUT2D eigenvalue weighted by Crippen LogP contribution is -2.44. The minimum atomic E-state index is -0.594. The molecule has 0 spiro atoms. The third-order valence-electron chi connectivity index (χ3n) is 2.43. The second kappa shape index (κ2) is 11.8. The van der Waals surface area contributed by atoms with Gasteiger partial charge < -0.3 is 15.3 Å². The van der Waals surface area contributed by atoms with Gasteiger partial charge in [0.2, 0.25) is 0 Å². The predicted octanol–water partition coefficient (Wildman–Crippen LogP) is 1.49. The zero-order valence-electron chi connectivity index (χ0n) is 10.3. The van der Waals surface area contributed by atoms with Crippen LogP contribution >= 0.6 is 17.0 Å². The van der Waals surface area contributed by atoms with Gasteiger partial charge in [-0.1, -0.05) is 26.7 Å². The molecular formula is C11H26BrNO3. The third-order valence-corrected chi connectivity index (χ3v) is 2.43. The Morgan fingerprint density at radius 2 is 1.44 bits per heavy atom. The van der Waals surface area contributed by atoms with E-state index in [1.54, 1.807) is 4.90 Å². The molecule has 0 aromatic rings. The molecule has 0 saturated heterocycles. The highest BCUT2D eigenvalue weighted by Gasteiger charge is 2.21. The summed E-state index contributed by atoms with van der Waals surface area (Å²) < 4.78 is 0. The Labute approximate surface area is 109 Å². The number of nitrogens with zero attached hydrogens (tertiary/aromatic N) is 1. The van der Waals surface area contributed by atoms with Crippen LogP contribution in [0.15, 0.2) is 0 Å². The maximum absolute atomic E-state index is 9.82. The normalized spacial score (nSPS) is 14.6. The molecule has 2 unspecified atom stereocenters. The van der Waals surface area contributed by atoms with Crippen LogP contribution in [-0.4, -0.2) is 45.8 Å². The van der Waals surface area contributed by atoms with Crippen molar-refractivity contribution in [3.8, 4) is 0 Å². The molecule has 5 heteroatoms. The van der Waals surface area contributed by atoms with Crippen molar-refractivity contribution in [2.75, 3.05) is 13.2 Å². The van der Waals surface area contributed by atoms with Gasteiger partial charge in [0.05, 0.1) is 0 Å². The zero-order valence-corrected chi connectivity index (χ0v) is 12.0. The number of halogens is 1. The van der Waals surface area contributed by atoms with Gasteiger partial charge >= 0.3 is 0 Å². The Balaban J connectivity index is 0. The molecule has 3 N–H and O–H groups in total. The van der Waals surface area contributed by atoms with E-state index in [1.165, 1.54) is 0 Å². The van der Waals surface area contributed by atoms with Gasteiger partial charge in [0.15, 0.2) is 0 Å². The SMILES string of the molecule is Br.CCCC(O)N(CCCO)C(O)CCC. The van der Waals surface area contributed by atoms with E-state index >= 15 is 0 Å². The molecule has 0 aliphatic heterocycles. The summed E-state index contributed by atoms with van der Waals surface area (Å²) in [6, 6.07) is 0. The van der Waals surface area contributed by atoms with Gasteiger partial charge in [-0.05, 0) is 19.3 Å². The highest BCUT2D eigenvalue weighted by atomic mass is 79.9. The first kappa shape index (κ1) is 18.7. The van der Waals surface area contributed by atoms with Crippen molar-refractivity contribution in [2.45, 2.75) is 58.4 Å². The Morgan fingerprint density at radius 1 is 1.00 bits per heavy atom. The number of aliphatic hydroxyl groups excluding tert-OH is 3. The number of rotatable bonds is 9. The lowest BCUT2D eigenvalue weighted by Gasteiger charge is -2.32. The molecule has 100 valence electrons. The third kappa shape index (κ3) is 7.57. The van der Waals surface area contributed by atoms with Gasteiger partial charge in [0.25, 0.3) is 0 Å². The average molecular weight is 300 g/mol. The van der Waals surface area contributed by atoms with E-state index in [0.29, 0.717) is 25.8 Å². The van der Waals surface area contributed by atoms with Crippen LogP contribution in [0.1, 0.15) is 46.0 Å². The molecule has 0 saturated carbocycles. The molecule has 0 aromatic heterocycles. The van der Waals surface area contributed by atoms with Gasteiger partial charge in [0.1, 0.15) is 12.5 Å². The standard InChI is InChI=1S/C11H25NO3.BrH/c1-3-6-10(14)12(8-5-9-13)11(15)7-4-2;/h10-11,13-15H,3-9H2,1-2H3;1H. The second-order valence-electron chi connectivity index (χ2n) is 3.85. The molecule has 0 heterocycles. The van der Waals surface area contributed by atoms with Crippen molar-refractivity contribution in [3.05, 3.63) is 0 Å². The minimum Gasteiger partial charge on any atom is -0.396 e. The molecule has 0 fully saturated rings. The predicted molar refractivity (Wildman–Crippen MR) is 70.6 cm³/mol. The van der Waals surface area contributed by atoms with Gasteiger partial charge in [0, 0.05) is 13.2 Å². The summed E-state index contributed by atoms with van der Waals surface area (Å²) in [4.78, 5) is 1.67. The number of hydrogen-bond donors (Lipinski definition) is 3. The summed E-state index contributed by atoms with van der Waals surface area (Å²) in [5.41, 5.74) is 0. The van der Waals surface area contributed by atoms with E-state index in [0.717, 1.165) is 12.8 Å². The van der Waals surface area contributed by atoms with Gasteiger partial charge in [-0.15, -0.1) is 17.0 Å². The largest absolute Gasteiger partial charge is 0.396 e. The van der Waals surface area contributed by atoms with Crippen molar-refractivity contribution in [1.82, 2.24) is 4.90 Å². The second-order valence-corrected chi connectivity index (χ2v) is 3.85. The molecule has 2 atom stereocenters. The van der Waals surface area contributed by atoms with Crippen LogP contribution in [0.3, 0.4) is 0 Å². The average Bonchev–Trinajstić information content (AvgIpc) is 2.19. The van der Waals surface area contributed by atoms with Crippen molar-refractivity contribution >= 4 is 17.0 Å². The van der Waals surface area contributed by atoms with Crippen LogP contribution in [0.5, 0.6) is 0 Å². The molecule has 0 radical (unpaired) electrons. The van der Waals surface area contributed by atoms with Crippen LogP contribution in [0.4, 0.5) is 0 Å². The van der Waals surface area contributed by atoms with E-state index in [2.05, 4.69) is 0 Å². The Morgan fingerprint density at radius 3 is 1.75 bits per heavy atom. The first-order chi connectivity index (χ1) is 7.17. The van der Waals surface area contributed by atoms with Crippen LogP contribution in [0.25, 0.3) is 0 Å². The van der Waals surface area contributed by atoms with Gasteiger partial charge in [-0.2, -0.15) is 0 Å². The lowest BCUT2D eigenvalue weighted by molar-refractivity contribution is -0.109. The quantitative estimate of drug-likeness (QED) is 0.565. The minimum absolute atomic E-state index is 0. The lowest BCUT2D eigenvalue weighted by atomic mass is 10.2. The summed E-state index contributed by atoms with van der Waals surface area (Å²) in [5, 5.41) is 28.4. The zero-order chi connectivity index (χ0) is 11.7.